The van der Waals surface area contributed by atoms with Crippen molar-refractivity contribution < 1.29 is 42.9 Å². The van der Waals surface area contributed by atoms with Crippen LogP contribution in [0.25, 0.3) is 0 Å². The van der Waals surface area contributed by atoms with Gasteiger partial charge in [0.1, 0.15) is 13.2 Å². The normalized spacial score (nSPS) is 13.3. The number of rotatable bonds is 45. The minimum atomic E-state index is -1.51. The van der Waals surface area contributed by atoms with Gasteiger partial charge in [-0.1, -0.05) is 165 Å². The van der Waals surface area contributed by atoms with Crippen LogP contribution < -0.4 is 0 Å². The van der Waals surface area contributed by atoms with Gasteiger partial charge in [-0.2, -0.15) is 0 Å². The molecule has 0 rings (SSSR count). The number of quaternary nitrogens is 1. The van der Waals surface area contributed by atoms with E-state index >= 15 is 0 Å². The fourth-order valence-electron chi connectivity index (χ4n) is 6.66. The maximum atomic E-state index is 12.8. The molecule has 2 atom stereocenters. The van der Waals surface area contributed by atoms with E-state index in [2.05, 4.69) is 62.5 Å². The zero-order valence-corrected chi connectivity index (χ0v) is 40.1. The molecule has 0 aliphatic rings. The van der Waals surface area contributed by atoms with Crippen LogP contribution in [-0.2, 0) is 33.3 Å². The van der Waals surface area contributed by atoms with E-state index in [-0.39, 0.29) is 32.2 Å². The summed E-state index contributed by atoms with van der Waals surface area (Å²) >= 11 is 0. The predicted molar refractivity (Wildman–Crippen MR) is 253 cm³/mol. The summed E-state index contributed by atoms with van der Waals surface area (Å²) in [6.07, 6.45) is 48.8. The van der Waals surface area contributed by atoms with Crippen molar-refractivity contribution in [2.45, 2.75) is 219 Å². The van der Waals surface area contributed by atoms with Crippen LogP contribution in [0.2, 0.25) is 0 Å². The van der Waals surface area contributed by atoms with Crippen molar-refractivity contribution in [3.63, 3.8) is 0 Å². The van der Waals surface area contributed by atoms with E-state index in [1.807, 2.05) is 21.1 Å². The Morgan fingerprint density at radius 2 is 0.885 bits per heavy atom. The molecule has 354 valence electrons. The first-order chi connectivity index (χ1) is 29.6. The van der Waals surface area contributed by atoms with E-state index in [0.717, 1.165) is 70.6 Å². The van der Waals surface area contributed by atoms with Gasteiger partial charge in [-0.15, -0.1) is 0 Å². The minimum absolute atomic E-state index is 0.183. The zero-order valence-electron chi connectivity index (χ0n) is 40.1. The number of carboxylic acid groups (broad SMARTS) is 1. The van der Waals surface area contributed by atoms with Crippen LogP contribution in [0, 0.1) is 0 Å². The summed E-state index contributed by atoms with van der Waals surface area (Å²) in [4.78, 5) is 37.2. The second kappa shape index (κ2) is 43.9. The molecular formula is C52H94NO8+. The van der Waals surface area contributed by atoms with Crippen molar-refractivity contribution in [1.82, 2.24) is 0 Å². The molecule has 0 aromatic heterocycles. The van der Waals surface area contributed by atoms with Crippen molar-refractivity contribution in [2.75, 3.05) is 47.5 Å². The number of carbonyl (C=O) groups excluding carboxylic acids is 2. The Morgan fingerprint density at radius 1 is 0.492 bits per heavy atom. The van der Waals surface area contributed by atoms with Crippen LogP contribution in [0.5, 0.6) is 0 Å². The monoisotopic (exact) mass is 861 g/mol. The smallest absolute Gasteiger partial charge is 0.361 e. The Balaban J connectivity index is 4.41. The van der Waals surface area contributed by atoms with Gasteiger partial charge in [0.2, 0.25) is 0 Å². The summed E-state index contributed by atoms with van der Waals surface area (Å²) in [7, 11) is 5.95. The van der Waals surface area contributed by atoms with E-state index < -0.39 is 24.3 Å². The standard InChI is InChI=1S/C52H93NO8/c1-6-8-10-12-14-16-18-20-22-24-25-27-29-31-33-35-37-39-41-43-50(55)61-48(47-60-52(51(56)57)58-45-44-53(3,4)5)46-59-49(54)42-40-38-36-34-32-30-28-26-23-21-19-17-15-13-11-9-7-2/h14,16,20-23,25,27,48,52H,6-13,15,17-19,24,26,28-47H2,1-5H3/p+1/b16-14-,22-20-,23-21-,27-25-. The summed E-state index contributed by atoms with van der Waals surface area (Å²) in [5.41, 5.74) is 0. The van der Waals surface area contributed by atoms with E-state index in [1.165, 1.54) is 103 Å². The van der Waals surface area contributed by atoms with Crippen molar-refractivity contribution >= 4 is 17.9 Å². The first-order valence-corrected chi connectivity index (χ1v) is 24.8. The second-order valence-electron chi connectivity index (χ2n) is 17.8. The highest BCUT2D eigenvalue weighted by Gasteiger charge is 2.25. The number of hydrogen-bond acceptors (Lipinski definition) is 7. The number of carbonyl (C=O) groups is 3. The molecule has 0 amide bonds. The third-order valence-electron chi connectivity index (χ3n) is 10.6. The van der Waals surface area contributed by atoms with Gasteiger partial charge >= 0.3 is 17.9 Å². The molecule has 61 heavy (non-hydrogen) atoms. The highest BCUT2D eigenvalue weighted by Crippen LogP contribution is 2.14. The van der Waals surface area contributed by atoms with Gasteiger partial charge in [-0.25, -0.2) is 4.79 Å². The SMILES string of the molecule is CCCCC/C=C\C/C=C\C/C=C\CCCCCCCCC(=O)OC(COC(=O)CCCCCCCCC/C=C\CCCCCCCC)COC(OCC[N+](C)(C)C)C(=O)O. The van der Waals surface area contributed by atoms with Gasteiger partial charge < -0.3 is 28.5 Å². The Labute approximate surface area is 374 Å². The maximum Gasteiger partial charge on any atom is 0.361 e. The number of allylic oxidation sites excluding steroid dienone is 8. The van der Waals surface area contributed by atoms with Gasteiger partial charge in [-0.3, -0.25) is 9.59 Å². The molecule has 0 saturated carbocycles. The quantitative estimate of drug-likeness (QED) is 0.0212. The Kier molecular flexibility index (Phi) is 41.9. The van der Waals surface area contributed by atoms with Crippen LogP contribution in [-0.4, -0.2) is 87.4 Å². The summed E-state index contributed by atoms with van der Waals surface area (Å²) in [5, 5.41) is 9.66. The lowest BCUT2D eigenvalue weighted by atomic mass is 10.1. The van der Waals surface area contributed by atoms with Crippen molar-refractivity contribution in [3.8, 4) is 0 Å². The molecular weight excluding hydrogens is 767 g/mol. The maximum absolute atomic E-state index is 12.8. The molecule has 2 unspecified atom stereocenters. The van der Waals surface area contributed by atoms with Crippen molar-refractivity contribution in [2.24, 2.45) is 0 Å². The number of unbranched alkanes of at least 4 members (excludes halogenated alkanes) is 22. The number of likely N-dealkylation sites (N-methyl/N-ethyl adjacent to an activating group) is 1. The second-order valence-corrected chi connectivity index (χ2v) is 17.8. The number of esters is 2. The third-order valence-corrected chi connectivity index (χ3v) is 10.6. The van der Waals surface area contributed by atoms with Gasteiger partial charge in [-0.05, 0) is 77.0 Å². The molecule has 0 bridgehead atoms. The molecule has 0 aliphatic carbocycles. The summed E-state index contributed by atoms with van der Waals surface area (Å²) < 4.78 is 22.8. The third kappa shape index (κ3) is 45.1. The summed E-state index contributed by atoms with van der Waals surface area (Å²) in [6, 6.07) is 0. The topological polar surface area (TPSA) is 108 Å². The van der Waals surface area contributed by atoms with Gasteiger partial charge in [0.05, 0.1) is 34.4 Å². The van der Waals surface area contributed by atoms with Crippen LogP contribution in [0.4, 0.5) is 0 Å². The number of hydrogen-bond donors (Lipinski definition) is 1. The van der Waals surface area contributed by atoms with E-state index in [4.69, 9.17) is 18.9 Å². The van der Waals surface area contributed by atoms with Gasteiger partial charge in [0.15, 0.2) is 6.10 Å². The number of carboxylic acids is 1. The van der Waals surface area contributed by atoms with Crippen molar-refractivity contribution in [3.05, 3.63) is 48.6 Å². The molecule has 0 spiro atoms. The lowest BCUT2D eigenvalue weighted by Crippen LogP contribution is -2.40. The number of aliphatic carboxylic acids is 1. The molecule has 1 N–H and O–H groups in total. The van der Waals surface area contributed by atoms with Gasteiger partial charge in [0, 0.05) is 12.8 Å². The lowest BCUT2D eigenvalue weighted by molar-refractivity contribution is -0.870. The molecule has 9 nitrogen and oxygen atoms in total. The Hall–Kier alpha value is -2.75. The average Bonchev–Trinajstić information content (AvgIpc) is 3.22. The molecule has 0 radical (unpaired) electrons. The van der Waals surface area contributed by atoms with Crippen molar-refractivity contribution in [1.29, 1.82) is 0 Å². The molecule has 0 aromatic carbocycles. The highest BCUT2D eigenvalue weighted by atomic mass is 16.7. The van der Waals surface area contributed by atoms with E-state index in [9.17, 15) is 19.5 Å². The predicted octanol–water partition coefficient (Wildman–Crippen LogP) is 13.6. The minimum Gasteiger partial charge on any atom is -0.477 e. The fraction of sp³-hybridized carbons (Fsp3) is 0.788. The molecule has 9 heteroatoms. The summed E-state index contributed by atoms with van der Waals surface area (Å²) in [5.74, 6) is -2.03. The fourth-order valence-corrected chi connectivity index (χ4v) is 6.66. The Bertz CT molecular complexity index is 1140. The largest absolute Gasteiger partial charge is 0.477 e. The Morgan fingerprint density at radius 3 is 1.36 bits per heavy atom. The lowest BCUT2D eigenvalue weighted by Gasteiger charge is -2.25. The first kappa shape index (κ1) is 58.2. The summed E-state index contributed by atoms with van der Waals surface area (Å²) in [6.45, 7) is 4.82. The van der Waals surface area contributed by atoms with Crippen LogP contribution in [0.3, 0.4) is 0 Å². The van der Waals surface area contributed by atoms with Crippen LogP contribution >= 0.6 is 0 Å². The highest BCUT2D eigenvalue weighted by molar-refractivity contribution is 5.71. The van der Waals surface area contributed by atoms with E-state index in [1.54, 1.807) is 0 Å². The van der Waals surface area contributed by atoms with Gasteiger partial charge in [0.25, 0.3) is 6.29 Å². The zero-order chi connectivity index (χ0) is 44.9. The molecule has 0 heterocycles. The van der Waals surface area contributed by atoms with E-state index in [0.29, 0.717) is 23.9 Å². The molecule has 0 saturated heterocycles. The number of ether oxygens (including phenoxy) is 4. The van der Waals surface area contributed by atoms with Crippen LogP contribution in [0.15, 0.2) is 48.6 Å². The number of nitrogens with zero attached hydrogens (tertiary/aromatic N) is 1. The molecule has 0 aromatic rings. The average molecular weight is 861 g/mol. The molecule has 0 fully saturated rings. The first-order valence-electron chi connectivity index (χ1n) is 24.8. The molecule has 0 aliphatic heterocycles. The van der Waals surface area contributed by atoms with Crippen LogP contribution in [0.1, 0.15) is 206 Å².